The quantitative estimate of drug-likeness (QED) is 0.0354. The summed E-state index contributed by atoms with van der Waals surface area (Å²) in [4.78, 5) is 35.1. The van der Waals surface area contributed by atoms with E-state index in [1.807, 2.05) is 18.2 Å². The predicted octanol–water partition coefficient (Wildman–Crippen LogP) is 5.54. The smallest absolute Gasteiger partial charge is 0.475 e. The monoisotopic (exact) mass is 787 g/mol. The number of hydrogen-bond donors (Lipinski definition) is 8. The molecule has 308 valence electrons. The van der Waals surface area contributed by atoms with Crippen molar-refractivity contribution in [1.29, 1.82) is 0 Å². The van der Waals surface area contributed by atoms with Crippen molar-refractivity contribution in [2.45, 2.75) is 102 Å². The van der Waals surface area contributed by atoms with Gasteiger partial charge in [-0.2, -0.15) is 39.5 Å². The lowest BCUT2D eigenvalue weighted by molar-refractivity contribution is -0.193. The Balaban J connectivity index is -0.000000958. The number of aliphatic carboxylic acids is 3. The number of alkyl halides is 9. The average molecular weight is 788 g/mol. The van der Waals surface area contributed by atoms with Crippen LogP contribution in [0.25, 0.3) is 0 Å². The largest absolute Gasteiger partial charge is 0.490 e. The van der Waals surface area contributed by atoms with E-state index >= 15 is 0 Å². The highest BCUT2D eigenvalue weighted by atomic mass is 19.4. The highest BCUT2D eigenvalue weighted by Gasteiger charge is 2.39. The first kappa shape index (κ1) is 52.9. The summed E-state index contributed by atoms with van der Waals surface area (Å²) >= 11 is 0. The van der Waals surface area contributed by atoms with Crippen LogP contribution in [0.1, 0.15) is 82.6 Å². The zero-order valence-corrected chi connectivity index (χ0v) is 29.0. The van der Waals surface area contributed by atoms with Crippen molar-refractivity contribution < 1.29 is 69.2 Å². The van der Waals surface area contributed by atoms with Crippen LogP contribution in [-0.4, -0.2) is 89.9 Å². The molecule has 0 heterocycles. The van der Waals surface area contributed by atoms with E-state index in [2.05, 4.69) is 32.8 Å². The molecule has 0 saturated carbocycles. The molecule has 0 aliphatic heterocycles. The SMILES string of the molecule is NC(N)=NCCCCCCCCNCCCCCCCCNC(N)=NCc1ccccc1.O=C(O)C(F)(F)F.O=C(O)C(F)(F)F.O=C(O)C(F)(F)F. The summed E-state index contributed by atoms with van der Waals surface area (Å²) in [6.45, 7) is 4.60. The van der Waals surface area contributed by atoms with Crippen molar-refractivity contribution in [3.8, 4) is 0 Å². The maximum atomic E-state index is 10.6. The minimum atomic E-state index is -5.08. The number of unbranched alkanes of at least 4 members (excludes halogenated alkanes) is 10. The van der Waals surface area contributed by atoms with E-state index in [1.54, 1.807) is 0 Å². The van der Waals surface area contributed by atoms with E-state index in [0.717, 1.165) is 39.0 Å². The Morgan fingerprint density at radius 1 is 0.547 bits per heavy atom. The molecule has 13 nitrogen and oxygen atoms in total. The fourth-order valence-corrected chi connectivity index (χ4v) is 3.52. The summed E-state index contributed by atoms with van der Waals surface area (Å²) in [5.41, 5.74) is 17.7. The van der Waals surface area contributed by atoms with E-state index in [0.29, 0.717) is 12.5 Å². The van der Waals surface area contributed by atoms with Crippen LogP contribution in [0.4, 0.5) is 39.5 Å². The van der Waals surface area contributed by atoms with Gasteiger partial charge in [-0.05, 0) is 44.3 Å². The van der Waals surface area contributed by atoms with Gasteiger partial charge < -0.3 is 43.2 Å². The minimum Gasteiger partial charge on any atom is -0.475 e. The van der Waals surface area contributed by atoms with Gasteiger partial charge in [0, 0.05) is 13.1 Å². The molecule has 0 unspecified atom stereocenters. The third-order valence-electron chi connectivity index (χ3n) is 6.14. The first-order valence-corrected chi connectivity index (χ1v) is 16.3. The molecule has 0 fully saturated rings. The Kier molecular flexibility index (Phi) is 31.0. The predicted molar refractivity (Wildman–Crippen MR) is 180 cm³/mol. The van der Waals surface area contributed by atoms with Gasteiger partial charge in [-0.25, -0.2) is 19.4 Å². The molecule has 0 aromatic heterocycles. The van der Waals surface area contributed by atoms with Gasteiger partial charge in [-0.3, -0.25) is 4.99 Å². The van der Waals surface area contributed by atoms with Crippen LogP contribution >= 0.6 is 0 Å². The first-order valence-electron chi connectivity index (χ1n) is 16.3. The maximum Gasteiger partial charge on any atom is 0.490 e. The van der Waals surface area contributed by atoms with Crippen molar-refractivity contribution in [1.82, 2.24) is 10.6 Å². The molecule has 22 heteroatoms. The van der Waals surface area contributed by atoms with E-state index in [-0.39, 0.29) is 5.96 Å². The number of carbonyl (C=O) groups is 3. The summed E-state index contributed by atoms with van der Waals surface area (Å²) in [5, 5.41) is 28.2. The number of carboxylic acids is 3. The van der Waals surface area contributed by atoms with Crippen molar-refractivity contribution in [3.63, 3.8) is 0 Å². The molecule has 53 heavy (non-hydrogen) atoms. The molecule has 0 saturated heterocycles. The van der Waals surface area contributed by atoms with E-state index < -0.39 is 36.4 Å². The van der Waals surface area contributed by atoms with Crippen LogP contribution in [0.15, 0.2) is 40.3 Å². The highest BCUT2D eigenvalue weighted by molar-refractivity contribution is 5.77. The fourth-order valence-electron chi connectivity index (χ4n) is 3.52. The lowest BCUT2D eigenvalue weighted by atomic mass is 10.1. The third kappa shape index (κ3) is 41.8. The first-order chi connectivity index (χ1) is 24.5. The molecule has 1 aromatic rings. The molecular formula is C31H50F9N7O6. The molecule has 0 radical (unpaired) electrons. The number of nitrogens with zero attached hydrogens (tertiary/aromatic N) is 2. The van der Waals surface area contributed by atoms with Crippen LogP contribution in [0, 0.1) is 0 Å². The van der Waals surface area contributed by atoms with Crippen molar-refractivity contribution in [3.05, 3.63) is 35.9 Å². The second-order valence-electron chi connectivity index (χ2n) is 10.8. The van der Waals surface area contributed by atoms with Crippen LogP contribution in [-0.2, 0) is 20.9 Å². The van der Waals surface area contributed by atoms with Crippen molar-refractivity contribution >= 4 is 29.8 Å². The topological polar surface area (TPSA) is 239 Å². The summed E-state index contributed by atoms with van der Waals surface area (Å²) < 4.78 is 95.2. The van der Waals surface area contributed by atoms with Crippen LogP contribution in [0.5, 0.6) is 0 Å². The zero-order valence-electron chi connectivity index (χ0n) is 29.0. The maximum absolute atomic E-state index is 10.6. The standard InChI is InChI=1S/C25H47N7.3C2HF3O2/c26-24(27)30-20-14-7-3-1-5-12-18-29-19-13-6-2-4-8-15-21-31-25(28)32-22-23-16-10-9-11-17-23;3*3-2(4,5)1(6)7/h9-11,16-17,29H,1-8,12-15,18-22H2,(H4,26,27,30)(H3,28,31,32);3*(H,6,7). The van der Waals surface area contributed by atoms with Gasteiger partial charge in [0.1, 0.15) is 0 Å². The fraction of sp³-hybridized carbons (Fsp3) is 0.645. The second-order valence-corrected chi connectivity index (χ2v) is 10.8. The molecule has 0 amide bonds. The molecule has 0 spiro atoms. The Morgan fingerprint density at radius 3 is 1.25 bits per heavy atom. The summed E-state index contributed by atoms with van der Waals surface area (Å²) in [6.07, 6.45) is -0.162. The zero-order chi connectivity index (χ0) is 41.3. The van der Waals surface area contributed by atoms with Crippen LogP contribution in [0.3, 0.4) is 0 Å². The summed E-state index contributed by atoms with van der Waals surface area (Å²) in [6, 6.07) is 10.2. The molecule has 1 aromatic carbocycles. The van der Waals surface area contributed by atoms with Gasteiger partial charge in [0.05, 0.1) is 6.54 Å². The Bertz CT molecular complexity index is 1110. The number of hydrogen-bond acceptors (Lipinski definition) is 6. The number of carboxylic acid groups (broad SMARTS) is 3. The second kappa shape index (κ2) is 31.1. The number of nitrogens with two attached hydrogens (primary N) is 3. The number of nitrogens with one attached hydrogen (secondary N) is 2. The Morgan fingerprint density at radius 2 is 0.887 bits per heavy atom. The molecule has 0 aliphatic carbocycles. The van der Waals surface area contributed by atoms with Gasteiger partial charge in [0.25, 0.3) is 0 Å². The Labute approximate surface area is 301 Å². The van der Waals surface area contributed by atoms with Crippen LogP contribution in [0.2, 0.25) is 0 Å². The lowest BCUT2D eigenvalue weighted by Crippen LogP contribution is -2.32. The summed E-state index contributed by atoms with van der Waals surface area (Å²) in [5.74, 6) is -7.52. The van der Waals surface area contributed by atoms with Gasteiger partial charge >= 0.3 is 36.4 Å². The summed E-state index contributed by atoms with van der Waals surface area (Å²) in [7, 11) is 0. The number of halogens is 9. The number of aliphatic imine (C=N–C) groups is 2. The molecule has 1 rings (SSSR count). The van der Waals surface area contributed by atoms with E-state index in [4.69, 9.17) is 46.9 Å². The van der Waals surface area contributed by atoms with Gasteiger partial charge in [-0.1, -0.05) is 81.7 Å². The molecule has 0 aliphatic rings. The van der Waals surface area contributed by atoms with Gasteiger partial charge in [0.2, 0.25) is 0 Å². The van der Waals surface area contributed by atoms with Gasteiger partial charge in [0.15, 0.2) is 11.9 Å². The third-order valence-corrected chi connectivity index (χ3v) is 6.14. The number of guanidine groups is 2. The average Bonchev–Trinajstić information content (AvgIpc) is 3.04. The van der Waals surface area contributed by atoms with E-state index in [1.165, 1.54) is 69.8 Å². The minimum absolute atomic E-state index is 0.204. The van der Waals surface area contributed by atoms with Crippen molar-refractivity contribution in [2.24, 2.45) is 27.2 Å². The molecule has 11 N–H and O–H groups in total. The van der Waals surface area contributed by atoms with Crippen LogP contribution < -0.4 is 27.8 Å². The van der Waals surface area contributed by atoms with E-state index in [9.17, 15) is 39.5 Å². The van der Waals surface area contributed by atoms with Crippen molar-refractivity contribution in [2.75, 3.05) is 26.2 Å². The Hall–Kier alpha value is -4.50. The molecule has 0 atom stereocenters. The normalized spacial score (nSPS) is 11.4. The van der Waals surface area contributed by atoms with Gasteiger partial charge in [-0.15, -0.1) is 0 Å². The number of rotatable bonds is 20. The lowest BCUT2D eigenvalue weighted by Gasteiger charge is -2.07. The molecular weight excluding hydrogens is 737 g/mol. The highest BCUT2D eigenvalue weighted by Crippen LogP contribution is 2.14. The molecule has 0 bridgehead atoms. The number of benzene rings is 1.